The predicted octanol–water partition coefficient (Wildman–Crippen LogP) is 0.621. The number of hydrogen-bond acceptors (Lipinski definition) is 4. The highest BCUT2D eigenvalue weighted by Crippen LogP contribution is 2.15. The second-order valence-electron chi connectivity index (χ2n) is 3.82. The molecule has 0 radical (unpaired) electrons. The maximum atomic E-state index is 11.3. The van der Waals surface area contributed by atoms with Crippen molar-refractivity contribution in [3.8, 4) is 5.75 Å². The number of anilines is 1. The SMILES string of the molecule is COc1ccc(Cn2cnc(N)c2C(N)=O)cc1. The third-order valence-corrected chi connectivity index (χ3v) is 2.61. The van der Waals surface area contributed by atoms with Gasteiger partial charge in [-0.25, -0.2) is 4.98 Å². The average molecular weight is 246 g/mol. The first-order valence-electron chi connectivity index (χ1n) is 5.35. The Balaban J connectivity index is 2.25. The van der Waals surface area contributed by atoms with Crippen molar-refractivity contribution in [3.63, 3.8) is 0 Å². The Bertz CT molecular complexity index is 560. The highest BCUT2D eigenvalue weighted by atomic mass is 16.5. The second-order valence-corrected chi connectivity index (χ2v) is 3.82. The molecule has 0 fully saturated rings. The van der Waals surface area contributed by atoms with Crippen LogP contribution in [0.5, 0.6) is 5.75 Å². The van der Waals surface area contributed by atoms with Gasteiger partial charge < -0.3 is 20.8 Å². The summed E-state index contributed by atoms with van der Waals surface area (Å²) in [6.45, 7) is 0.479. The van der Waals surface area contributed by atoms with Crippen molar-refractivity contribution in [1.82, 2.24) is 9.55 Å². The number of rotatable bonds is 4. The van der Waals surface area contributed by atoms with Crippen LogP contribution in [0.25, 0.3) is 0 Å². The van der Waals surface area contributed by atoms with Crippen LogP contribution in [0.1, 0.15) is 16.1 Å². The minimum absolute atomic E-state index is 0.149. The Hall–Kier alpha value is -2.50. The second kappa shape index (κ2) is 4.79. The van der Waals surface area contributed by atoms with Gasteiger partial charge in [0.15, 0.2) is 11.5 Å². The van der Waals surface area contributed by atoms with E-state index >= 15 is 0 Å². The van der Waals surface area contributed by atoms with Crippen LogP contribution in [-0.4, -0.2) is 22.6 Å². The van der Waals surface area contributed by atoms with Gasteiger partial charge >= 0.3 is 0 Å². The molecule has 0 saturated carbocycles. The fourth-order valence-corrected chi connectivity index (χ4v) is 1.71. The van der Waals surface area contributed by atoms with E-state index in [1.165, 1.54) is 6.33 Å². The van der Waals surface area contributed by atoms with Gasteiger partial charge in [-0.1, -0.05) is 12.1 Å². The Labute approximate surface area is 104 Å². The van der Waals surface area contributed by atoms with Gasteiger partial charge in [0.1, 0.15) is 5.75 Å². The van der Waals surface area contributed by atoms with Gasteiger partial charge in [-0.3, -0.25) is 4.79 Å². The number of imidazole rings is 1. The van der Waals surface area contributed by atoms with Crippen molar-refractivity contribution in [3.05, 3.63) is 41.9 Å². The summed E-state index contributed by atoms with van der Waals surface area (Å²) in [7, 11) is 1.61. The fourth-order valence-electron chi connectivity index (χ4n) is 1.71. The van der Waals surface area contributed by atoms with Gasteiger partial charge in [0.25, 0.3) is 5.91 Å². The van der Waals surface area contributed by atoms with Crippen LogP contribution in [0.3, 0.4) is 0 Å². The Morgan fingerprint density at radius 2 is 2.06 bits per heavy atom. The maximum absolute atomic E-state index is 11.3. The number of methoxy groups -OCH3 is 1. The van der Waals surface area contributed by atoms with Crippen LogP contribution in [0, 0.1) is 0 Å². The zero-order valence-electron chi connectivity index (χ0n) is 9.96. The number of nitrogen functional groups attached to an aromatic ring is 1. The van der Waals surface area contributed by atoms with Gasteiger partial charge in [-0.15, -0.1) is 0 Å². The lowest BCUT2D eigenvalue weighted by atomic mass is 10.2. The first kappa shape index (κ1) is 12.0. The molecule has 0 saturated heterocycles. The minimum atomic E-state index is -0.585. The third-order valence-electron chi connectivity index (χ3n) is 2.61. The first-order valence-corrected chi connectivity index (χ1v) is 5.35. The molecule has 0 aliphatic rings. The van der Waals surface area contributed by atoms with E-state index < -0.39 is 5.91 Å². The predicted molar refractivity (Wildman–Crippen MR) is 67.3 cm³/mol. The number of aromatic nitrogens is 2. The monoisotopic (exact) mass is 246 g/mol. The van der Waals surface area contributed by atoms with E-state index in [-0.39, 0.29) is 11.5 Å². The van der Waals surface area contributed by atoms with Crippen LogP contribution in [0.4, 0.5) is 5.82 Å². The molecule has 4 N–H and O–H groups in total. The van der Waals surface area contributed by atoms with E-state index in [0.717, 1.165) is 11.3 Å². The normalized spacial score (nSPS) is 10.3. The number of ether oxygens (including phenoxy) is 1. The van der Waals surface area contributed by atoms with Crippen molar-refractivity contribution in [2.45, 2.75) is 6.54 Å². The number of amides is 1. The van der Waals surface area contributed by atoms with Crippen molar-refractivity contribution >= 4 is 11.7 Å². The molecular formula is C12H14N4O2. The Kier molecular flexibility index (Phi) is 3.18. The highest BCUT2D eigenvalue weighted by molar-refractivity contribution is 5.95. The van der Waals surface area contributed by atoms with Crippen molar-refractivity contribution in [1.29, 1.82) is 0 Å². The summed E-state index contributed by atoms with van der Waals surface area (Å²) >= 11 is 0. The molecule has 94 valence electrons. The topological polar surface area (TPSA) is 96.2 Å². The number of nitrogens with two attached hydrogens (primary N) is 2. The summed E-state index contributed by atoms with van der Waals surface area (Å²) in [5.41, 5.74) is 12.1. The van der Waals surface area contributed by atoms with E-state index in [2.05, 4.69) is 4.98 Å². The molecule has 1 aromatic carbocycles. The summed E-state index contributed by atoms with van der Waals surface area (Å²) in [6, 6.07) is 7.50. The lowest BCUT2D eigenvalue weighted by molar-refractivity contribution is 0.0993. The molecule has 6 nitrogen and oxygen atoms in total. The summed E-state index contributed by atoms with van der Waals surface area (Å²) < 4.78 is 6.70. The van der Waals surface area contributed by atoms with E-state index in [9.17, 15) is 4.79 Å². The van der Waals surface area contributed by atoms with Gasteiger partial charge in [0, 0.05) is 6.54 Å². The van der Waals surface area contributed by atoms with E-state index in [0.29, 0.717) is 6.54 Å². The molecule has 0 atom stereocenters. The molecule has 2 rings (SSSR count). The Morgan fingerprint density at radius 3 is 2.61 bits per heavy atom. The number of benzene rings is 1. The number of carbonyl (C=O) groups is 1. The van der Waals surface area contributed by atoms with Crippen molar-refractivity contribution in [2.24, 2.45) is 5.73 Å². The van der Waals surface area contributed by atoms with Gasteiger partial charge in [0.05, 0.1) is 13.4 Å². The third kappa shape index (κ3) is 2.27. The number of carbonyl (C=O) groups excluding carboxylic acids is 1. The van der Waals surface area contributed by atoms with Crippen LogP contribution in [-0.2, 0) is 6.54 Å². The molecule has 0 aliphatic carbocycles. The Morgan fingerprint density at radius 1 is 1.39 bits per heavy atom. The molecule has 0 bridgehead atoms. The largest absolute Gasteiger partial charge is 0.497 e. The maximum Gasteiger partial charge on any atom is 0.269 e. The molecule has 6 heteroatoms. The van der Waals surface area contributed by atoms with Crippen LogP contribution in [0.2, 0.25) is 0 Å². The molecule has 0 unspecified atom stereocenters. The minimum Gasteiger partial charge on any atom is -0.497 e. The molecule has 18 heavy (non-hydrogen) atoms. The molecule has 1 aromatic heterocycles. The molecule has 1 heterocycles. The lowest BCUT2D eigenvalue weighted by Crippen LogP contribution is -2.18. The molecular weight excluding hydrogens is 232 g/mol. The quantitative estimate of drug-likeness (QED) is 0.826. The summed E-state index contributed by atoms with van der Waals surface area (Å²) in [5, 5.41) is 0. The van der Waals surface area contributed by atoms with Gasteiger partial charge in [0.2, 0.25) is 0 Å². The standard InChI is InChI=1S/C12H14N4O2/c1-18-9-4-2-8(3-5-9)6-16-7-15-11(13)10(16)12(14)17/h2-5,7H,6,13H2,1H3,(H2,14,17). The zero-order chi connectivity index (χ0) is 13.1. The fraction of sp³-hybridized carbons (Fsp3) is 0.167. The van der Waals surface area contributed by atoms with E-state index in [4.69, 9.17) is 16.2 Å². The van der Waals surface area contributed by atoms with Crippen molar-refractivity contribution < 1.29 is 9.53 Å². The molecule has 0 aliphatic heterocycles. The van der Waals surface area contributed by atoms with Crippen molar-refractivity contribution in [2.75, 3.05) is 12.8 Å². The average Bonchev–Trinajstić information content (AvgIpc) is 2.71. The van der Waals surface area contributed by atoms with Crippen LogP contribution >= 0.6 is 0 Å². The lowest BCUT2D eigenvalue weighted by Gasteiger charge is -2.07. The van der Waals surface area contributed by atoms with Gasteiger partial charge in [-0.05, 0) is 17.7 Å². The van der Waals surface area contributed by atoms with Crippen LogP contribution in [0.15, 0.2) is 30.6 Å². The highest BCUT2D eigenvalue weighted by Gasteiger charge is 2.13. The smallest absolute Gasteiger partial charge is 0.269 e. The van der Waals surface area contributed by atoms with E-state index in [1.54, 1.807) is 11.7 Å². The van der Waals surface area contributed by atoms with E-state index in [1.807, 2.05) is 24.3 Å². The summed E-state index contributed by atoms with van der Waals surface area (Å²) in [6.07, 6.45) is 1.50. The summed E-state index contributed by atoms with van der Waals surface area (Å²) in [4.78, 5) is 15.1. The molecule has 2 aromatic rings. The number of nitrogens with zero attached hydrogens (tertiary/aromatic N) is 2. The first-order chi connectivity index (χ1) is 8.61. The zero-order valence-corrected chi connectivity index (χ0v) is 9.96. The summed E-state index contributed by atoms with van der Waals surface area (Å²) in [5.74, 6) is 0.341. The van der Waals surface area contributed by atoms with Gasteiger partial charge in [-0.2, -0.15) is 0 Å². The molecule has 0 spiro atoms. The number of primary amides is 1. The molecule has 1 amide bonds. The number of hydrogen-bond donors (Lipinski definition) is 2. The van der Waals surface area contributed by atoms with Crippen LogP contribution < -0.4 is 16.2 Å².